The molecule has 0 radical (unpaired) electrons. The molecule has 8 nitrogen and oxygen atoms in total. The number of hydrogen-bond acceptors (Lipinski definition) is 7. The number of carbonyl (C=O) groups excluding carboxylic acids is 1. The van der Waals surface area contributed by atoms with Crippen LogP contribution in [0.1, 0.15) is 12.5 Å². The second-order valence-corrected chi connectivity index (χ2v) is 6.64. The Bertz CT molecular complexity index is 631. The molecule has 1 aromatic rings. The molecule has 9 heteroatoms. The molecule has 0 aliphatic heterocycles. The molecule has 0 heterocycles. The number of ether oxygens (including phenoxy) is 1. The summed E-state index contributed by atoms with van der Waals surface area (Å²) < 4.78 is 26.8. The average Bonchev–Trinajstić information content (AvgIpc) is 2.54. The Morgan fingerprint density at radius 1 is 1.26 bits per heavy atom. The van der Waals surface area contributed by atoms with E-state index >= 15 is 0 Å². The molecule has 1 rings (SSSR count). The van der Waals surface area contributed by atoms with Gasteiger partial charge in [-0.3, -0.25) is 14.7 Å². The molecule has 0 aliphatic rings. The quantitative estimate of drug-likeness (QED) is 0.235. The third-order valence-corrected chi connectivity index (χ3v) is 4.74. The van der Waals surface area contributed by atoms with E-state index < -0.39 is 18.5 Å². The number of nitrogens with zero attached hydrogens (tertiary/aromatic N) is 1. The summed E-state index contributed by atoms with van der Waals surface area (Å²) in [6.45, 7) is 1.80. The van der Waals surface area contributed by atoms with Crippen molar-refractivity contribution < 1.29 is 28.1 Å². The number of non-ortho nitro benzene ring substituents is 1. The van der Waals surface area contributed by atoms with Gasteiger partial charge in [0.1, 0.15) is 0 Å². The largest absolute Gasteiger partial charge is 0.463 e. The van der Waals surface area contributed by atoms with Crippen LogP contribution < -0.4 is 0 Å². The van der Waals surface area contributed by atoms with Gasteiger partial charge < -0.3 is 13.8 Å². The highest BCUT2D eigenvalue weighted by molar-refractivity contribution is 7.54. The Labute approximate surface area is 133 Å². The third kappa shape index (κ3) is 5.59. The van der Waals surface area contributed by atoms with Crippen molar-refractivity contribution in [2.45, 2.75) is 6.92 Å². The van der Waals surface area contributed by atoms with Gasteiger partial charge in [0.05, 0.1) is 17.7 Å². The highest BCUT2D eigenvalue weighted by Crippen LogP contribution is 2.48. The lowest BCUT2D eigenvalue weighted by Crippen LogP contribution is -2.12. The van der Waals surface area contributed by atoms with E-state index in [0.29, 0.717) is 5.56 Å². The van der Waals surface area contributed by atoms with Crippen LogP contribution >= 0.6 is 7.60 Å². The molecule has 0 fully saturated rings. The van der Waals surface area contributed by atoms with Crippen molar-refractivity contribution in [3.05, 3.63) is 45.5 Å². The normalized spacial score (nSPS) is 12.0. The lowest BCUT2D eigenvalue weighted by Gasteiger charge is -2.15. The monoisotopic (exact) mass is 343 g/mol. The van der Waals surface area contributed by atoms with Crippen LogP contribution in [0.25, 0.3) is 6.08 Å². The van der Waals surface area contributed by atoms with Crippen LogP contribution in [0.4, 0.5) is 5.69 Å². The predicted molar refractivity (Wildman–Crippen MR) is 84.2 cm³/mol. The first-order valence-corrected chi connectivity index (χ1v) is 8.40. The van der Waals surface area contributed by atoms with Gasteiger partial charge in [-0.15, -0.1) is 0 Å². The zero-order valence-electron chi connectivity index (χ0n) is 13.1. The topological polar surface area (TPSA) is 105 Å². The highest BCUT2D eigenvalue weighted by atomic mass is 31.2. The van der Waals surface area contributed by atoms with Crippen LogP contribution in [0.2, 0.25) is 0 Å². The van der Waals surface area contributed by atoms with Gasteiger partial charge in [0.25, 0.3) is 5.69 Å². The number of nitro groups is 1. The highest BCUT2D eigenvalue weighted by Gasteiger charge is 2.27. The third-order valence-electron chi connectivity index (χ3n) is 2.90. The molecule has 0 unspecified atom stereocenters. The number of rotatable bonds is 8. The fourth-order valence-corrected chi connectivity index (χ4v) is 2.74. The standard InChI is InChI=1S/C14H18NO7P/c1-4-22-14(16)12(10-23(19,20-2)21-3)9-11-5-7-13(8-6-11)15(17)18/h5-9H,4,10H2,1-3H3/b12-9+. The molecule has 23 heavy (non-hydrogen) atoms. The van der Waals surface area contributed by atoms with Crippen molar-refractivity contribution in [3.8, 4) is 0 Å². The fourth-order valence-electron chi connectivity index (χ4n) is 1.70. The summed E-state index contributed by atoms with van der Waals surface area (Å²) in [6, 6.07) is 5.56. The molecule has 0 aromatic heterocycles. The summed E-state index contributed by atoms with van der Waals surface area (Å²) in [6.07, 6.45) is 1.17. The molecule has 0 saturated carbocycles. The van der Waals surface area contributed by atoms with Crippen molar-refractivity contribution in [2.75, 3.05) is 27.0 Å². The van der Waals surface area contributed by atoms with E-state index in [0.717, 1.165) is 0 Å². The van der Waals surface area contributed by atoms with Crippen molar-refractivity contribution in [2.24, 2.45) is 0 Å². The zero-order chi connectivity index (χ0) is 17.5. The van der Waals surface area contributed by atoms with Gasteiger partial charge in [-0.2, -0.15) is 0 Å². The van der Waals surface area contributed by atoms with Crippen LogP contribution in [-0.2, 0) is 23.1 Å². The first-order chi connectivity index (χ1) is 10.8. The molecule has 0 N–H and O–H groups in total. The number of benzene rings is 1. The number of esters is 1. The molecule has 1 aromatic carbocycles. The van der Waals surface area contributed by atoms with E-state index in [2.05, 4.69) is 0 Å². The van der Waals surface area contributed by atoms with E-state index in [4.69, 9.17) is 13.8 Å². The van der Waals surface area contributed by atoms with Crippen molar-refractivity contribution in [3.63, 3.8) is 0 Å². The maximum absolute atomic E-state index is 12.2. The summed E-state index contributed by atoms with van der Waals surface area (Å²) in [5.74, 6) is -0.653. The maximum Gasteiger partial charge on any atom is 0.334 e. The minimum atomic E-state index is -3.45. The molecule has 126 valence electrons. The molecular formula is C14H18NO7P. The fraction of sp³-hybridized carbons (Fsp3) is 0.357. The van der Waals surface area contributed by atoms with Crippen molar-refractivity contribution in [1.82, 2.24) is 0 Å². The Hall–Kier alpha value is -2.02. The summed E-state index contributed by atoms with van der Waals surface area (Å²) in [7, 11) is -1.01. The van der Waals surface area contributed by atoms with Crippen LogP contribution in [-0.4, -0.2) is 37.9 Å². The number of nitro benzene ring substituents is 1. The smallest absolute Gasteiger partial charge is 0.334 e. The van der Waals surface area contributed by atoms with Gasteiger partial charge >= 0.3 is 13.6 Å². The van der Waals surface area contributed by atoms with Crippen LogP contribution in [0.3, 0.4) is 0 Å². The average molecular weight is 343 g/mol. The van der Waals surface area contributed by atoms with E-state index in [1.807, 2.05) is 0 Å². The lowest BCUT2D eigenvalue weighted by molar-refractivity contribution is -0.384. The molecule has 0 saturated heterocycles. The zero-order valence-corrected chi connectivity index (χ0v) is 13.9. The first-order valence-electron chi connectivity index (χ1n) is 6.68. The van der Waals surface area contributed by atoms with E-state index in [9.17, 15) is 19.5 Å². The molecular weight excluding hydrogens is 325 g/mol. The number of carbonyl (C=O) groups is 1. The second kappa shape index (κ2) is 8.57. The Morgan fingerprint density at radius 2 is 1.83 bits per heavy atom. The van der Waals surface area contributed by atoms with Crippen LogP contribution in [0, 0.1) is 10.1 Å². The van der Waals surface area contributed by atoms with Gasteiger partial charge in [-0.25, -0.2) is 4.79 Å². The minimum absolute atomic E-state index is 0.0701. The van der Waals surface area contributed by atoms with Gasteiger partial charge in [-0.1, -0.05) is 0 Å². The summed E-state index contributed by atoms with van der Waals surface area (Å²) in [5, 5.41) is 10.6. The van der Waals surface area contributed by atoms with Crippen molar-refractivity contribution in [1.29, 1.82) is 0 Å². The Kier molecular flexibility index (Phi) is 7.09. The van der Waals surface area contributed by atoms with Crippen LogP contribution in [0.5, 0.6) is 0 Å². The van der Waals surface area contributed by atoms with E-state index in [1.54, 1.807) is 6.92 Å². The Balaban J connectivity index is 3.14. The lowest BCUT2D eigenvalue weighted by atomic mass is 10.1. The molecule has 0 bridgehead atoms. The van der Waals surface area contributed by atoms with Gasteiger partial charge in [0, 0.05) is 31.9 Å². The molecule has 0 aliphatic carbocycles. The molecule has 0 atom stereocenters. The molecule has 0 amide bonds. The van der Waals surface area contributed by atoms with Gasteiger partial charge in [-0.05, 0) is 30.7 Å². The van der Waals surface area contributed by atoms with Gasteiger partial charge in [0.15, 0.2) is 0 Å². The first kappa shape index (κ1) is 19.0. The second-order valence-electron chi connectivity index (χ2n) is 4.37. The Morgan fingerprint density at radius 3 is 2.26 bits per heavy atom. The summed E-state index contributed by atoms with van der Waals surface area (Å²) in [5.41, 5.74) is 0.546. The van der Waals surface area contributed by atoms with E-state index in [-0.39, 0.29) is 24.0 Å². The summed E-state index contributed by atoms with van der Waals surface area (Å²) >= 11 is 0. The summed E-state index contributed by atoms with van der Waals surface area (Å²) in [4.78, 5) is 22.1. The van der Waals surface area contributed by atoms with Crippen molar-refractivity contribution >= 4 is 25.3 Å². The maximum atomic E-state index is 12.2. The predicted octanol–water partition coefficient (Wildman–Crippen LogP) is 3.03. The van der Waals surface area contributed by atoms with Gasteiger partial charge in [0.2, 0.25) is 0 Å². The number of hydrogen-bond donors (Lipinski definition) is 0. The minimum Gasteiger partial charge on any atom is -0.463 e. The SMILES string of the molecule is CCOC(=O)/C(=C/c1ccc([N+](=O)[O-])cc1)CP(=O)(OC)OC. The van der Waals surface area contributed by atoms with Crippen LogP contribution in [0.15, 0.2) is 29.8 Å². The molecule has 0 spiro atoms. The van der Waals surface area contributed by atoms with E-state index in [1.165, 1.54) is 44.6 Å².